The Bertz CT molecular complexity index is 1190. The molecule has 2 aromatic rings. The van der Waals surface area contributed by atoms with Crippen LogP contribution in [0.5, 0.6) is 0 Å². The summed E-state index contributed by atoms with van der Waals surface area (Å²) < 4.78 is 27.1. The number of anilines is 1. The lowest BCUT2D eigenvalue weighted by Gasteiger charge is -2.38. The van der Waals surface area contributed by atoms with E-state index in [1.54, 1.807) is 7.11 Å². The van der Waals surface area contributed by atoms with Crippen LogP contribution < -0.4 is 5.32 Å². The number of hydrogen-bond donors (Lipinski definition) is 2. The highest BCUT2D eigenvalue weighted by Gasteiger charge is 2.40. The number of rotatable bonds is 11. The Morgan fingerprint density at radius 2 is 2.12 bits per heavy atom. The van der Waals surface area contributed by atoms with Crippen LogP contribution in [0.15, 0.2) is 30.3 Å². The summed E-state index contributed by atoms with van der Waals surface area (Å²) in [5.41, 5.74) is 4.71. The molecule has 40 heavy (non-hydrogen) atoms. The molecule has 7 nitrogen and oxygen atoms in total. The Morgan fingerprint density at radius 3 is 2.92 bits per heavy atom. The molecule has 8 heteroatoms. The third-order valence-corrected chi connectivity index (χ3v) is 9.22. The van der Waals surface area contributed by atoms with Crippen molar-refractivity contribution in [1.82, 2.24) is 9.88 Å². The molecule has 4 heterocycles. The molecule has 218 valence electrons. The van der Waals surface area contributed by atoms with Gasteiger partial charge in [0.25, 0.3) is 0 Å². The van der Waals surface area contributed by atoms with Crippen LogP contribution >= 0.6 is 0 Å². The number of nitrogens with one attached hydrogen (secondary N) is 1. The summed E-state index contributed by atoms with van der Waals surface area (Å²) in [6.07, 6.45) is 5.45. The fraction of sp³-hybridized carbons (Fsp3) is 0.625. The third-order valence-electron chi connectivity index (χ3n) is 9.22. The number of nitrogens with zero attached hydrogens (tertiary/aromatic N) is 2. The normalized spacial score (nSPS) is 22.7. The number of carbonyl (C=O) groups is 1. The highest BCUT2D eigenvalue weighted by atomic mass is 19.1. The molecule has 0 aliphatic carbocycles. The SMILES string of the molecule is COC(C)(C)[C@H]1Cc2c(cccc2[C@H](C(=O)O)N2CC[C@@H](C(F)CCCCc3ccc4c(n3)NCCC4)C2)CO1. The minimum atomic E-state index is -0.928. The fourth-order valence-electron chi connectivity index (χ4n) is 6.53. The van der Waals surface area contributed by atoms with E-state index in [-0.39, 0.29) is 12.0 Å². The van der Waals surface area contributed by atoms with Crippen LogP contribution in [0.4, 0.5) is 10.2 Å². The van der Waals surface area contributed by atoms with Crippen molar-refractivity contribution in [3.63, 3.8) is 0 Å². The van der Waals surface area contributed by atoms with Crippen LogP contribution in [0.1, 0.15) is 79.9 Å². The van der Waals surface area contributed by atoms with Gasteiger partial charge in [-0.15, -0.1) is 0 Å². The van der Waals surface area contributed by atoms with Crippen molar-refractivity contribution < 1.29 is 23.8 Å². The van der Waals surface area contributed by atoms with E-state index in [1.165, 1.54) is 5.56 Å². The standard InChI is InChI=1S/C32H44FN3O4/c1-32(2,39-3)28-18-26-23(20-40-28)8-6-11-25(26)29(31(37)38)36-17-15-22(19-36)27(33)12-5-4-10-24-14-13-21-9-7-16-34-30(21)35-24/h6,8,11,13-14,22,27-29H,4-5,7,9-10,12,15-20H2,1-3H3,(H,34,35)(H,37,38)/t22-,27?,28-,29-/m1/s1. The van der Waals surface area contributed by atoms with Crippen molar-refractivity contribution in [2.45, 2.75) is 95.7 Å². The summed E-state index contributed by atoms with van der Waals surface area (Å²) in [5.74, 6) is -0.0159. The highest BCUT2D eigenvalue weighted by Crippen LogP contribution is 2.37. The monoisotopic (exact) mass is 553 g/mol. The number of methoxy groups -OCH3 is 1. The number of alkyl halides is 1. The number of fused-ring (bicyclic) bond motifs is 2. The number of pyridine rings is 1. The van der Waals surface area contributed by atoms with Crippen LogP contribution in [0.2, 0.25) is 0 Å². The summed E-state index contributed by atoms with van der Waals surface area (Å²) in [6, 6.07) is 9.32. The first-order chi connectivity index (χ1) is 19.3. The molecule has 1 aromatic heterocycles. The summed E-state index contributed by atoms with van der Waals surface area (Å²) in [6.45, 7) is 6.44. The van der Waals surface area contributed by atoms with Crippen molar-refractivity contribution in [2.75, 3.05) is 32.1 Å². The van der Waals surface area contributed by atoms with Crippen molar-refractivity contribution in [3.8, 4) is 0 Å². The number of carboxylic acid groups (broad SMARTS) is 1. The molecular formula is C32H44FN3O4. The van der Waals surface area contributed by atoms with Gasteiger partial charge in [0.2, 0.25) is 0 Å². The lowest BCUT2D eigenvalue weighted by molar-refractivity contribution is -0.143. The van der Waals surface area contributed by atoms with Gasteiger partial charge in [-0.25, -0.2) is 9.37 Å². The van der Waals surface area contributed by atoms with Gasteiger partial charge in [-0.05, 0) is 87.2 Å². The zero-order valence-electron chi connectivity index (χ0n) is 24.1. The highest BCUT2D eigenvalue weighted by molar-refractivity contribution is 5.76. The molecule has 0 radical (unpaired) electrons. The maximum Gasteiger partial charge on any atom is 0.325 e. The van der Waals surface area contributed by atoms with E-state index < -0.39 is 23.8 Å². The zero-order valence-corrected chi connectivity index (χ0v) is 24.1. The van der Waals surface area contributed by atoms with Gasteiger partial charge < -0.3 is 19.9 Å². The predicted octanol–water partition coefficient (Wildman–Crippen LogP) is 5.50. The van der Waals surface area contributed by atoms with Gasteiger partial charge in [-0.2, -0.15) is 0 Å². The van der Waals surface area contributed by atoms with Gasteiger partial charge in [0.05, 0.1) is 18.3 Å². The Labute approximate surface area is 237 Å². The summed E-state index contributed by atoms with van der Waals surface area (Å²) >= 11 is 0. The Balaban J connectivity index is 1.18. The maximum atomic E-state index is 15.4. The van der Waals surface area contributed by atoms with Crippen LogP contribution in [-0.2, 0) is 40.1 Å². The van der Waals surface area contributed by atoms with Gasteiger partial charge in [0.1, 0.15) is 18.0 Å². The number of benzene rings is 1. The maximum absolute atomic E-state index is 15.4. The summed E-state index contributed by atoms with van der Waals surface area (Å²) in [4.78, 5) is 19.3. The molecule has 1 saturated heterocycles. The van der Waals surface area contributed by atoms with Gasteiger partial charge >= 0.3 is 5.97 Å². The molecule has 4 atom stereocenters. The van der Waals surface area contributed by atoms with E-state index in [4.69, 9.17) is 14.5 Å². The molecular weight excluding hydrogens is 509 g/mol. The van der Waals surface area contributed by atoms with E-state index in [1.807, 2.05) is 36.9 Å². The van der Waals surface area contributed by atoms with Crippen molar-refractivity contribution in [3.05, 3.63) is 58.3 Å². The molecule has 0 amide bonds. The lowest BCUT2D eigenvalue weighted by atomic mass is 9.85. The number of carboxylic acids is 1. The van der Waals surface area contributed by atoms with E-state index >= 15 is 4.39 Å². The molecule has 0 bridgehead atoms. The molecule has 3 aliphatic rings. The van der Waals surface area contributed by atoms with Crippen molar-refractivity contribution >= 4 is 11.8 Å². The summed E-state index contributed by atoms with van der Waals surface area (Å²) in [5, 5.41) is 13.7. The molecule has 0 saturated carbocycles. The van der Waals surface area contributed by atoms with Crippen LogP contribution in [0, 0.1) is 5.92 Å². The van der Waals surface area contributed by atoms with Crippen LogP contribution in [0.3, 0.4) is 0 Å². The number of hydrogen-bond acceptors (Lipinski definition) is 6. The smallest absolute Gasteiger partial charge is 0.325 e. The molecule has 3 aliphatic heterocycles. The minimum Gasteiger partial charge on any atom is -0.480 e. The van der Waals surface area contributed by atoms with Crippen molar-refractivity contribution in [2.24, 2.45) is 5.92 Å². The number of aryl methyl sites for hydroxylation is 2. The minimum absolute atomic E-state index is 0.143. The topological polar surface area (TPSA) is 83.9 Å². The van der Waals surface area contributed by atoms with Gasteiger partial charge in [0, 0.05) is 38.2 Å². The summed E-state index contributed by atoms with van der Waals surface area (Å²) in [7, 11) is 1.67. The number of halogens is 1. The molecule has 2 N–H and O–H groups in total. The second-order valence-electron chi connectivity index (χ2n) is 12.2. The molecule has 5 rings (SSSR count). The van der Waals surface area contributed by atoms with Crippen LogP contribution in [0.25, 0.3) is 0 Å². The number of aliphatic carboxylic acids is 1. The average Bonchev–Trinajstić information content (AvgIpc) is 3.44. The van der Waals surface area contributed by atoms with E-state index in [0.29, 0.717) is 39.0 Å². The number of ether oxygens (including phenoxy) is 2. The van der Waals surface area contributed by atoms with E-state index in [9.17, 15) is 9.90 Å². The molecule has 1 aromatic carbocycles. The average molecular weight is 554 g/mol. The Kier molecular flexibility index (Phi) is 9.08. The first-order valence-corrected chi connectivity index (χ1v) is 14.9. The van der Waals surface area contributed by atoms with E-state index in [2.05, 4.69) is 17.4 Å². The Hall–Kier alpha value is -2.55. The zero-order chi connectivity index (χ0) is 28.3. The number of aromatic nitrogens is 1. The van der Waals surface area contributed by atoms with E-state index in [0.717, 1.165) is 66.9 Å². The first kappa shape index (κ1) is 29.0. The number of unbranched alkanes of at least 4 members (excludes halogenated alkanes) is 1. The largest absolute Gasteiger partial charge is 0.480 e. The van der Waals surface area contributed by atoms with Gasteiger partial charge in [-0.1, -0.05) is 30.7 Å². The third kappa shape index (κ3) is 6.34. The Morgan fingerprint density at radius 1 is 1.27 bits per heavy atom. The van der Waals surface area contributed by atoms with Crippen molar-refractivity contribution in [1.29, 1.82) is 0 Å². The quantitative estimate of drug-likeness (QED) is 0.355. The van der Waals surface area contributed by atoms with Gasteiger partial charge in [-0.3, -0.25) is 9.69 Å². The molecule has 1 fully saturated rings. The lowest BCUT2D eigenvalue weighted by Crippen LogP contribution is -2.44. The first-order valence-electron chi connectivity index (χ1n) is 14.9. The second-order valence-corrected chi connectivity index (χ2v) is 12.2. The second kappa shape index (κ2) is 12.5. The van der Waals surface area contributed by atoms with Gasteiger partial charge in [0.15, 0.2) is 0 Å². The predicted molar refractivity (Wildman–Crippen MR) is 153 cm³/mol. The molecule has 1 unspecified atom stereocenters. The van der Waals surface area contributed by atoms with Crippen LogP contribution in [-0.4, -0.2) is 65.6 Å². The number of likely N-dealkylation sites (tertiary alicyclic amines) is 1. The fourth-order valence-corrected chi connectivity index (χ4v) is 6.53. The molecule has 0 spiro atoms.